The van der Waals surface area contributed by atoms with Gasteiger partial charge in [-0.25, -0.2) is 0 Å². The molecule has 0 saturated carbocycles. The molecule has 8 heteroatoms. The minimum absolute atomic E-state index is 0.0509. The summed E-state index contributed by atoms with van der Waals surface area (Å²) in [5, 5.41) is 0.616. The summed E-state index contributed by atoms with van der Waals surface area (Å²) in [6.45, 7) is 2.48. The molecule has 1 aromatic heterocycles. The molecule has 0 N–H and O–H groups in total. The number of rotatable bonds is 5. The molecule has 2 aliphatic rings. The molecule has 7 nitrogen and oxygen atoms in total. The molecular formula is C26H23ClN4O3. The topological polar surface area (TPSA) is 73.8 Å². The number of nitrogens with zero attached hydrogens (tertiary/aromatic N) is 4. The lowest BCUT2D eigenvalue weighted by Crippen LogP contribution is -2.49. The smallest absolute Gasteiger partial charge is 0.263 e. The number of hydrogen-bond donors (Lipinski definition) is 0. The van der Waals surface area contributed by atoms with Crippen molar-refractivity contribution in [2.75, 3.05) is 31.1 Å². The number of carbonyl (C=O) groups is 3. The fraction of sp³-hybridized carbons (Fsp3) is 0.231. The monoisotopic (exact) mass is 474 g/mol. The van der Waals surface area contributed by atoms with Crippen molar-refractivity contribution in [3.63, 3.8) is 0 Å². The van der Waals surface area contributed by atoms with Crippen molar-refractivity contribution in [2.45, 2.75) is 13.0 Å². The Balaban J connectivity index is 1.28. The van der Waals surface area contributed by atoms with Gasteiger partial charge in [-0.3, -0.25) is 24.3 Å². The molecule has 1 fully saturated rings. The average Bonchev–Trinajstić information content (AvgIpc) is 3.10. The van der Waals surface area contributed by atoms with Crippen LogP contribution in [0.3, 0.4) is 0 Å². The van der Waals surface area contributed by atoms with Crippen LogP contribution in [0.1, 0.15) is 31.8 Å². The molecule has 2 aromatic carbocycles. The molecule has 3 heterocycles. The zero-order valence-corrected chi connectivity index (χ0v) is 19.2. The van der Waals surface area contributed by atoms with Crippen LogP contribution in [0.2, 0.25) is 5.02 Å². The van der Waals surface area contributed by atoms with Gasteiger partial charge >= 0.3 is 0 Å². The standard InChI is InChI=1S/C26H23ClN4O3/c27-20-4-1-3-19(15-20)16-23(32)30-13-11-29(12-14-30)22-6-2-5-21-24(22)26(34)31(25(21)33)17-18-7-9-28-10-8-18/h1-10,15H,11-14,16-17H2. The number of aromatic nitrogens is 1. The normalized spacial score (nSPS) is 15.6. The van der Waals surface area contributed by atoms with Gasteiger partial charge in [0.1, 0.15) is 0 Å². The maximum absolute atomic E-state index is 13.3. The highest BCUT2D eigenvalue weighted by Gasteiger charge is 2.38. The zero-order valence-electron chi connectivity index (χ0n) is 18.5. The lowest BCUT2D eigenvalue weighted by atomic mass is 10.1. The largest absolute Gasteiger partial charge is 0.367 e. The molecule has 0 atom stereocenters. The van der Waals surface area contributed by atoms with Crippen LogP contribution in [0.4, 0.5) is 5.69 Å². The van der Waals surface area contributed by atoms with Gasteiger partial charge in [0, 0.05) is 43.6 Å². The molecule has 0 bridgehead atoms. The van der Waals surface area contributed by atoms with Gasteiger partial charge < -0.3 is 9.80 Å². The van der Waals surface area contributed by atoms with Crippen LogP contribution >= 0.6 is 11.6 Å². The number of pyridine rings is 1. The van der Waals surface area contributed by atoms with E-state index in [-0.39, 0.29) is 24.3 Å². The predicted molar refractivity (Wildman–Crippen MR) is 129 cm³/mol. The number of halogens is 1. The van der Waals surface area contributed by atoms with Gasteiger partial charge in [-0.2, -0.15) is 0 Å². The van der Waals surface area contributed by atoms with E-state index in [2.05, 4.69) is 9.88 Å². The fourth-order valence-electron chi connectivity index (χ4n) is 4.52. The third kappa shape index (κ3) is 4.26. The number of carbonyl (C=O) groups excluding carboxylic acids is 3. The van der Waals surface area contributed by atoms with Crippen molar-refractivity contribution in [1.29, 1.82) is 0 Å². The van der Waals surface area contributed by atoms with Crippen LogP contribution in [0.25, 0.3) is 0 Å². The molecule has 0 unspecified atom stereocenters. The van der Waals surface area contributed by atoms with E-state index in [1.54, 1.807) is 36.7 Å². The summed E-state index contributed by atoms with van der Waals surface area (Å²) in [5.74, 6) is -0.518. The van der Waals surface area contributed by atoms with Gasteiger partial charge in [0.05, 0.1) is 29.8 Å². The summed E-state index contributed by atoms with van der Waals surface area (Å²) in [5.41, 5.74) is 3.35. The van der Waals surface area contributed by atoms with Gasteiger partial charge in [-0.05, 0) is 47.5 Å². The molecule has 0 aliphatic carbocycles. The van der Waals surface area contributed by atoms with E-state index in [1.807, 2.05) is 35.2 Å². The van der Waals surface area contributed by atoms with Crippen molar-refractivity contribution in [3.05, 3.63) is 94.3 Å². The second-order valence-electron chi connectivity index (χ2n) is 8.43. The second kappa shape index (κ2) is 9.27. The van der Waals surface area contributed by atoms with Crippen molar-refractivity contribution in [2.24, 2.45) is 0 Å². The van der Waals surface area contributed by atoms with Crippen molar-refractivity contribution < 1.29 is 14.4 Å². The number of anilines is 1. The summed E-state index contributed by atoms with van der Waals surface area (Å²) >= 11 is 6.04. The lowest BCUT2D eigenvalue weighted by Gasteiger charge is -2.36. The SMILES string of the molecule is O=C(Cc1cccc(Cl)c1)N1CCN(c2cccc3c2C(=O)N(Cc2ccncc2)C3=O)CC1. The molecule has 3 amide bonds. The van der Waals surface area contributed by atoms with E-state index in [9.17, 15) is 14.4 Å². The summed E-state index contributed by atoms with van der Waals surface area (Å²) in [6, 6.07) is 16.3. The Hall–Kier alpha value is -3.71. The summed E-state index contributed by atoms with van der Waals surface area (Å²) in [7, 11) is 0. The number of amides is 3. The van der Waals surface area contributed by atoms with Gasteiger partial charge in [-0.15, -0.1) is 0 Å². The van der Waals surface area contributed by atoms with Crippen LogP contribution in [0, 0.1) is 0 Å². The number of imide groups is 1. The highest BCUT2D eigenvalue weighted by molar-refractivity contribution is 6.30. The summed E-state index contributed by atoms with van der Waals surface area (Å²) in [4.78, 5) is 48.2. The summed E-state index contributed by atoms with van der Waals surface area (Å²) in [6.07, 6.45) is 3.59. The molecule has 172 valence electrons. The first-order valence-electron chi connectivity index (χ1n) is 11.2. The first kappa shape index (κ1) is 22.1. The second-order valence-corrected chi connectivity index (χ2v) is 8.86. The van der Waals surface area contributed by atoms with E-state index in [0.29, 0.717) is 48.7 Å². The molecule has 2 aliphatic heterocycles. The van der Waals surface area contributed by atoms with Crippen LogP contribution in [-0.4, -0.2) is 58.7 Å². The summed E-state index contributed by atoms with van der Waals surface area (Å²) < 4.78 is 0. The zero-order chi connectivity index (χ0) is 23.7. The lowest BCUT2D eigenvalue weighted by molar-refractivity contribution is -0.130. The molecular weight excluding hydrogens is 452 g/mol. The van der Waals surface area contributed by atoms with Gasteiger partial charge in [-0.1, -0.05) is 29.8 Å². The van der Waals surface area contributed by atoms with E-state index < -0.39 is 0 Å². The minimum Gasteiger partial charge on any atom is -0.367 e. The molecule has 34 heavy (non-hydrogen) atoms. The quantitative estimate of drug-likeness (QED) is 0.530. The number of benzene rings is 2. The fourth-order valence-corrected chi connectivity index (χ4v) is 4.74. The van der Waals surface area contributed by atoms with Crippen molar-refractivity contribution in [3.8, 4) is 0 Å². The Kier molecular flexibility index (Phi) is 6.02. The first-order valence-corrected chi connectivity index (χ1v) is 11.5. The third-order valence-corrected chi connectivity index (χ3v) is 6.52. The Labute approximate surface area is 202 Å². The van der Waals surface area contributed by atoms with E-state index in [1.165, 1.54) is 4.90 Å². The van der Waals surface area contributed by atoms with Crippen LogP contribution in [-0.2, 0) is 17.8 Å². The highest BCUT2D eigenvalue weighted by atomic mass is 35.5. The Morgan fingerprint density at radius 2 is 1.62 bits per heavy atom. The molecule has 5 rings (SSSR count). The maximum Gasteiger partial charge on any atom is 0.263 e. The van der Waals surface area contributed by atoms with Crippen LogP contribution < -0.4 is 4.90 Å². The van der Waals surface area contributed by atoms with Crippen LogP contribution in [0.5, 0.6) is 0 Å². The van der Waals surface area contributed by atoms with Crippen molar-refractivity contribution >= 4 is 35.0 Å². The molecule has 1 saturated heterocycles. The average molecular weight is 475 g/mol. The van der Waals surface area contributed by atoms with Crippen molar-refractivity contribution in [1.82, 2.24) is 14.8 Å². The molecule has 3 aromatic rings. The van der Waals surface area contributed by atoms with Crippen LogP contribution in [0.15, 0.2) is 67.0 Å². The van der Waals surface area contributed by atoms with E-state index in [4.69, 9.17) is 11.6 Å². The Morgan fingerprint density at radius 1 is 0.882 bits per heavy atom. The third-order valence-electron chi connectivity index (χ3n) is 6.28. The van der Waals surface area contributed by atoms with E-state index in [0.717, 1.165) is 16.8 Å². The van der Waals surface area contributed by atoms with Gasteiger partial charge in [0.25, 0.3) is 11.8 Å². The Bertz CT molecular complexity index is 1260. The Morgan fingerprint density at radius 3 is 2.35 bits per heavy atom. The maximum atomic E-state index is 13.3. The molecule has 0 spiro atoms. The van der Waals surface area contributed by atoms with Gasteiger partial charge in [0.2, 0.25) is 5.91 Å². The van der Waals surface area contributed by atoms with E-state index >= 15 is 0 Å². The highest BCUT2D eigenvalue weighted by Crippen LogP contribution is 2.33. The van der Waals surface area contributed by atoms with Gasteiger partial charge in [0.15, 0.2) is 0 Å². The number of hydrogen-bond acceptors (Lipinski definition) is 5. The minimum atomic E-state index is -0.285. The number of piperazine rings is 1. The molecule has 0 radical (unpaired) electrons. The first-order chi connectivity index (χ1) is 16.5. The number of fused-ring (bicyclic) bond motifs is 1. The predicted octanol–water partition coefficient (Wildman–Crippen LogP) is 3.42.